The van der Waals surface area contributed by atoms with Crippen LogP contribution in [0.4, 0.5) is 0 Å². The standard InChI is InChI=1S/C17H20O2S2/c1-11-13(3)17(20-21(5)18)14(4)12(2)16(11)19-15-9-7-6-8-10-15/h6-10H,1-5H3. The van der Waals surface area contributed by atoms with Gasteiger partial charge in [0.15, 0.2) is 0 Å². The van der Waals surface area contributed by atoms with Gasteiger partial charge in [0.2, 0.25) is 0 Å². The highest BCUT2D eigenvalue weighted by Gasteiger charge is 2.17. The third kappa shape index (κ3) is 3.50. The summed E-state index contributed by atoms with van der Waals surface area (Å²) in [6.45, 7) is 8.25. The minimum absolute atomic E-state index is 0.835. The first-order valence-corrected chi connectivity index (χ1v) is 9.66. The third-order valence-electron chi connectivity index (χ3n) is 3.65. The summed E-state index contributed by atoms with van der Waals surface area (Å²) >= 11 is 0. The van der Waals surface area contributed by atoms with Crippen LogP contribution in [0.15, 0.2) is 35.2 Å². The van der Waals surface area contributed by atoms with E-state index in [1.807, 2.05) is 30.3 Å². The first-order chi connectivity index (χ1) is 9.91. The molecule has 0 N–H and O–H groups in total. The van der Waals surface area contributed by atoms with Crippen molar-refractivity contribution in [1.82, 2.24) is 0 Å². The number of hydrogen-bond donors (Lipinski definition) is 0. The molecule has 112 valence electrons. The molecule has 2 rings (SSSR count). The highest BCUT2D eigenvalue weighted by Crippen LogP contribution is 2.40. The molecule has 4 heteroatoms. The lowest BCUT2D eigenvalue weighted by Gasteiger charge is -2.19. The van der Waals surface area contributed by atoms with E-state index in [0.717, 1.165) is 38.6 Å². The molecule has 0 aromatic heterocycles. The Hall–Kier alpha value is -1.26. The first kappa shape index (κ1) is 16.1. The second kappa shape index (κ2) is 6.67. The van der Waals surface area contributed by atoms with Crippen molar-refractivity contribution in [2.75, 3.05) is 6.26 Å². The van der Waals surface area contributed by atoms with Crippen molar-refractivity contribution in [2.45, 2.75) is 32.6 Å². The zero-order chi connectivity index (χ0) is 15.6. The van der Waals surface area contributed by atoms with E-state index in [2.05, 4.69) is 27.7 Å². The molecule has 0 saturated carbocycles. The van der Waals surface area contributed by atoms with Crippen LogP contribution in [0.3, 0.4) is 0 Å². The van der Waals surface area contributed by atoms with Crippen molar-refractivity contribution in [2.24, 2.45) is 0 Å². The Bertz CT molecular complexity index is 650. The summed E-state index contributed by atoms with van der Waals surface area (Å²) in [5, 5.41) is 0. The molecule has 0 heterocycles. The lowest BCUT2D eigenvalue weighted by Crippen LogP contribution is -2.00. The summed E-state index contributed by atoms with van der Waals surface area (Å²) < 4.78 is 17.6. The zero-order valence-corrected chi connectivity index (χ0v) is 14.7. The summed E-state index contributed by atoms with van der Waals surface area (Å²) in [5.74, 6) is 1.74. The summed E-state index contributed by atoms with van der Waals surface area (Å²) in [6, 6.07) is 9.80. The fourth-order valence-electron chi connectivity index (χ4n) is 2.25. The van der Waals surface area contributed by atoms with Gasteiger partial charge in [0.05, 0.1) is 9.83 Å². The molecule has 0 fully saturated rings. The number of hydrogen-bond acceptors (Lipinski definition) is 3. The van der Waals surface area contributed by atoms with E-state index in [-0.39, 0.29) is 0 Å². The lowest BCUT2D eigenvalue weighted by atomic mass is 10.00. The number of benzene rings is 2. The van der Waals surface area contributed by atoms with Crippen molar-refractivity contribution in [1.29, 1.82) is 0 Å². The lowest BCUT2D eigenvalue weighted by molar-refractivity contribution is 0.473. The second-order valence-electron chi connectivity index (χ2n) is 5.06. The summed E-state index contributed by atoms with van der Waals surface area (Å²) in [7, 11) is 0.489. The van der Waals surface area contributed by atoms with Gasteiger partial charge in [0, 0.05) is 11.2 Å². The molecule has 1 atom stereocenters. The molecule has 0 aliphatic carbocycles. The van der Waals surface area contributed by atoms with Gasteiger partial charge in [0.1, 0.15) is 11.5 Å². The van der Waals surface area contributed by atoms with Crippen LogP contribution in [0.2, 0.25) is 0 Å². The minimum Gasteiger partial charge on any atom is -0.457 e. The van der Waals surface area contributed by atoms with Crippen LogP contribution in [-0.2, 0) is 9.83 Å². The van der Waals surface area contributed by atoms with Gasteiger partial charge in [-0.25, -0.2) is 4.21 Å². The average Bonchev–Trinajstić information content (AvgIpc) is 2.47. The Kier molecular flexibility index (Phi) is 5.12. The van der Waals surface area contributed by atoms with Crippen LogP contribution in [0.5, 0.6) is 11.5 Å². The smallest absolute Gasteiger partial charge is 0.133 e. The number of para-hydroxylation sites is 1. The third-order valence-corrected chi connectivity index (χ3v) is 5.87. The van der Waals surface area contributed by atoms with Crippen molar-refractivity contribution >= 4 is 20.6 Å². The average molecular weight is 320 g/mol. The van der Waals surface area contributed by atoms with Crippen molar-refractivity contribution in [3.05, 3.63) is 52.6 Å². The quantitative estimate of drug-likeness (QED) is 0.733. The van der Waals surface area contributed by atoms with Gasteiger partial charge in [-0.15, -0.1) is 0 Å². The summed E-state index contributed by atoms with van der Waals surface area (Å²) in [6.07, 6.45) is 1.71. The normalized spacial score (nSPS) is 12.2. The molecular weight excluding hydrogens is 300 g/mol. The van der Waals surface area contributed by atoms with Gasteiger partial charge in [0.25, 0.3) is 0 Å². The molecule has 1 unspecified atom stereocenters. The Morgan fingerprint density at radius 3 is 1.90 bits per heavy atom. The molecule has 0 saturated heterocycles. The van der Waals surface area contributed by atoms with Crippen LogP contribution in [0.25, 0.3) is 0 Å². The Balaban J connectivity index is 2.51. The van der Waals surface area contributed by atoms with E-state index in [1.54, 1.807) is 6.26 Å². The van der Waals surface area contributed by atoms with Gasteiger partial charge >= 0.3 is 0 Å². The van der Waals surface area contributed by atoms with Gasteiger partial charge in [-0.05, 0) is 72.9 Å². The topological polar surface area (TPSA) is 26.3 Å². The predicted octanol–water partition coefficient (Wildman–Crippen LogP) is 5.10. The van der Waals surface area contributed by atoms with Crippen molar-refractivity contribution < 1.29 is 8.95 Å². The maximum atomic E-state index is 11.6. The summed E-state index contributed by atoms with van der Waals surface area (Å²) in [4.78, 5) is 1.10. The molecular formula is C17H20O2S2. The molecule has 0 radical (unpaired) electrons. The summed E-state index contributed by atoms with van der Waals surface area (Å²) in [5.41, 5.74) is 4.50. The Morgan fingerprint density at radius 1 is 0.905 bits per heavy atom. The highest BCUT2D eigenvalue weighted by molar-refractivity contribution is 8.69. The molecule has 2 nitrogen and oxygen atoms in total. The predicted molar refractivity (Wildman–Crippen MR) is 91.8 cm³/mol. The molecule has 0 amide bonds. The van der Waals surface area contributed by atoms with E-state index in [9.17, 15) is 4.21 Å². The molecule has 2 aromatic rings. The van der Waals surface area contributed by atoms with E-state index in [0.29, 0.717) is 0 Å². The second-order valence-corrected chi connectivity index (χ2v) is 8.34. The van der Waals surface area contributed by atoms with Gasteiger partial charge < -0.3 is 4.74 Å². The SMILES string of the molecule is Cc1c(C)c(SS(C)=O)c(C)c(C)c1Oc1ccccc1. The van der Waals surface area contributed by atoms with Crippen LogP contribution in [0, 0.1) is 27.7 Å². The van der Waals surface area contributed by atoms with E-state index >= 15 is 0 Å². The Morgan fingerprint density at radius 2 is 1.43 bits per heavy atom. The molecule has 0 aliphatic heterocycles. The fraction of sp³-hybridized carbons (Fsp3) is 0.294. The fourth-order valence-corrected chi connectivity index (χ4v) is 4.49. The highest BCUT2D eigenvalue weighted by atomic mass is 33.1. The molecule has 21 heavy (non-hydrogen) atoms. The monoisotopic (exact) mass is 320 g/mol. The largest absolute Gasteiger partial charge is 0.457 e. The Labute approximate surface area is 132 Å². The van der Waals surface area contributed by atoms with Crippen LogP contribution < -0.4 is 4.74 Å². The van der Waals surface area contributed by atoms with E-state index < -0.39 is 9.83 Å². The van der Waals surface area contributed by atoms with Crippen LogP contribution >= 0.6 is 10.8 Å². The van der Waals surface area contributed by atoms with Crippen molar-refractivity contribution in [3.63, 3.8) is 0 Å². The molecule has 2 aromatic carbocycles. The van der Waals surface area contributed by atoms with Gasteiger partial charge in [-0.3, -0.25) is 0 Å². The van der Waals surface area contributed by atoms with Crippen molar-refractivity contribution in [3.8, 4) is 11.5 Å². The molecule has 0 bridgehead atoms. The molecule has 0 spiro atoms. The minimum atomic E-state index is -0.922. The van der Waals surface area contributed by atoms with Gasteiger partial charge in [-0.1, -0.05) is 18.2 Å². The van der Waals surface area contributed by atoms with E-state index in [4.69, 9.17) is 4.74 Å². The van der Waals surface area contributed by atoms with E-state index in [1.165, 1.54) is 10.8 Å². The zero-order valence-electron chi connectivity index (χ0n) is 13.0. The van der Waals surface area contributed by atoms with Gasteiger partial charge in [-0.2, -0.15) is 0 Å². The van der Waals surface area contributed by atoms with Crippen LogP contribution in [-0.4, -0.2) is 10.5 Å². The number of rotatable bonds is 4. The molecule has 0 aliphatic rings. The number of ether oxygens (including phenoxy) is 1. The first-order valence-electron chi connectivity index (χ1n) is 6.76. The maximum absolute atomic E-state index is 11.6. The van der Waals surface area contributed by atoms with Crippen LogP contribution in [0.1, 0.15) is 22.3 Å². The maximum Gasteiger partial charge on any atom is 0.133 e.